The van der Waals surface area contributed by atoms with Crippen LogP contribution in [0.3, 0.4) is 0 Å². The zero-order chi connectivity index (χ0) is 13.1. The number of nitrogens with two attached hydrogens (primary N) is 2. The van der Waals surface area contributed by atoms with Crippen molar-refractivity contribution in [1.82, 2.24) is 0 Å². The summed E-state index contributed by atoms with van der Waals surface area (Å²) in [5.41, 5.74) is 12.2. The molecular weight excluding hydrogens is 208 g/mol. The molecule has 1 atom stereocenters. The van der Waals surface area contributed by atoms with Crippen molar-refractivity contribution in [3.8, 4) is 0 Å². The van der Waals surface area contributed by atoms with Crippen LogP contribution in [0.5, 0.6) is 0 Å². The molecule has 0 radical (unpaired) electrons. The van der Waals surface area contributed by atoms with Gasteiger partial charge in [-0.2, -0.15) is 0 Å². The summed E-state index contributed by atoms with van der Waals surface area (Å²) in [4.78, 5) is 0. The van der Waals surface area contributed by atoms with Crippen molar-refractivity contribution >= 4 is 0 Å². The lowest BCUT2D eigenvalue weighted by atomic mass is 9.71. The second-order valence-corrected chi connectivity index (χ2v) is 5.64. The van der Waals surface area contributed by atoms with E-state index in [1.165, 1.54) is 51.4 Å². The van der Waals surface area contributed by atoms with E-state index in [0.29, 0.717) is 5.41 Å². The number of hydrogen-bond acceptors (Lipinski definition) is 2. The first-order chi connectivity index (χ1) is 8.17. The summed E-state index contributed by atoms with van der Waals surface area (Å²) < 4.78 is 0. The van der Waals surface area contributed by atoms with Crippen molar-refractivity contribution in [1.29, 1.82) is 0 Å². The van der Waals surface area contributed by atoms with Crippen LogP contribution in [-0.2, 0) is 0 Å². The van der Waals surface area contributed by atoms with E-state index in [1.54, 1.807) is 0 Å². The molecule has 0 saturated carbocycles. The maximum atomic E-state index is 6.09. The monoisotopic (exact) mass is 242 g/mol. The summed E-state index contributed by atoms with van der Waals surface area (Å²) in [6.07, 6.45) is 10.1. The summed E-state index contributed by atoms with van der Waals surface area (Å²) in [6, 6.07) is 0. The van der Waals surface area contributed by atoms with Gasteiger partial charge in [-0.1, -0.05) is 46.5 Å². The van der Waals surface area contributed by atoms with Crippen LogP contribution >= 0.6 is 0 Å². The fraction of sp³-hybridized carbons (Fsp3) is 1.00. The van der Waals surface area contributed by atoms with Gasteiger partial charge in [0.2, 0.25) is 0 Å². The molecule has 0 aromatic carbocycles. The summed E-state index contributed by atoms with van der Waals surface area (Å²) >= 11 is 0. The van der Waals surface area contributed by atoms with Crippen molar-refractivity contribution in [3.63, 3.8) is 0 Å². The molecule has 0 amide bonds. The zero-order valence-corrected chi connectivity index (χ0v) is 12.3. The Morgan fingerprint density at radius 1 is 0.882 bits per heavy atom. The summed E-state index contributed by atoms with van der Waals surface area (Å²) in [5.74, 6) is 0.784. The van der Waals surface area contributed by atoms with E-state index in [4.69, 9.17) is 11.5 Å². The molecule has 2 nitrogen and oxygen atoms in total. The Hall–Kier alpha value is -0.0800. The van der Waals surface area contributed by atoms with Crippen LogP contribution in [0.1, 0.15) is 72.1 Å². The lowest BCUT2D eigenvalue weighted by Crippen LogP contribution is -2.33. The first-order valence-electron chi connectivity index (χ1n) is 7.58. The van der Waals surface area contributed by atoms with Crippen LogP contribution in [0.4, 0.5) is 0 Å². The predicted molar refractivity (Wildman–Crippen MR) is 78.0 cm³/mol. The van der Waals surface area contributed by atoms with E-state index >= 15 is 0 Å². The average molecular weight is 242 g/mol. The lowest BCUT2D eigenvalue weighted by Gasteiger charge is -2.36. The topological polar surface area (TPSA) is 52.0 Å². The number of rotatable bonds is 11. The second kappa shape index (κ2) is 9.90. The molecule has 2 heteroatoms. The highest BCUT2D eigenvalue weighted by Crippen LogP contribution is 2.37. The van der Waals surface area contributed by atoms with Gasteiger partial charge >= 0.3 is 0 Å². The van der Waals surface area contributed by atoms with Crippen LogP contribution < -0.4 is 11.5 Å². The predicted octanol–water partition coefficient (Wildman–Crippen LogP) is 3.69. The Labute approximate surface area is 109 Å². The zero-order valence-electron chi connectivity index (χ0n) is 12.3. The highest BCUT2D eigenvalue weighted by molar-refractivity contribution is 4.82. The average Bonchev–Trinajstić information content (AvgIpc) is 2.30. The van der Waals surface area contributed by atoms with E-state index in [2.05, 4.69) is 20.8 Å². The van der Waals surface area contributed by atoms with Gasteiger partial charge in [-0.25, -0.2) is 0 Å². The van der Waals surface area contributed by atoms with Crippen molar-refractivity contribution in [2.75, 3.05) is 13.1 Å². The molecule has 0 aromatic heterocycles. The molecule has 0 aliphatic rings. The molecule has 17 heavy (non-hydrogen) atoms. The molecular formula is C15H34N2. The van der Waals surface area contributed by atoms with E-state index in [0.717, 1.165) is 19.0 Å². The Kier molecular flexibility index (Phi) is 9.85. The fourth-order valence-corrected chi connectivity index (χ4v) is 3.28. The van der Waals surface area contributed by atoms with Crippen LogP contribution in [0.15, 0.2) is 0 Å². The summed E-state index contributed by atoms with van der Waals surface area (Å²) in [7, 11) is 0. The molecule has 0 bridgehead atoms. The number of hydrogen-bond donors (Lipinski definition) is 2. The molecule has 1 unspecified atom stereocenters. The maximum Gasteiger partial charge on any atom is -0.00204 e. The van der Waals surface area contributed by atoms with Crippen LogP contribution in [0, 0.1) is 11.3 Å². The molecule has 0 aliphatic carbocycles. The Morgan fingerprint density at radius 3 is 1.82 bits per heavy atom. The van der Waals surface area contributed by atoms with E-state index in [1.807, 2.05) is 0 Å². The minimum Gasteiger partial charge on any atom is -0.330 e. The smallest absolute Gasteiger partial charge is 0.00204 e. The third-order valence-electron chi connectivity index (χ3n) is 3.99. The minimum absolute atomic E-state index is 0.387. The maximum absolute atomic E-state index is 6.09. The van der Waals surface area contributed by atoms with Crippen molar-refractivity contribution in [2.24, 2.45) is 22.8 Å². The van der Waals surface area contributed by atoms with Gasteiger partial charge in [0.15, 0.2) is 0 Å². The normalized spacial score (nSPS) is 13.9. The third-order valence-corrected chi connectivity index (χ3v) is 3.99. The first-order valence-corrected chi connectivity index (χ1v) is 7.58. The standard InChI is InChI=1S/C15H34N2/c1-4-7-14(8-11-16)12-15(13-17,9-5-2)10-6-3/h14H,4-13,16-17H2,1-3H3. The molecule has 0 saturated heterocycles. The van der Waals surface area contributed by atoms with Gasteiger partial charge in [0, 0.05) is 0 Å². The molecule has 0 fully saturated rings. The fourth-order valence-electron chi connectivity index (χ4n) is 3.28. The molecule has 0 aromatic rings. The van der Waals surface area contributed by atoms with Gasteiger partial charge in [-0.05, 0) is 50.1 Å². The molecule has 104 valence electrons. The van der Waals surface area contributed by atoms with Gasteiger partial charge in [0.1, 0.15) is 0 Å². The summed E-state index contributed by atoms with van der Waals surface area (Å²) in [6.45, 7) is 8.49. The largest absolute Gasteiger partial charge is 0.330 e. The van der Waals surface area contributed by atoms with E-state index < -0.39 is 0 Å². The van der Waals surface area contributed by atoms with Crippen LogP contribution in [0.25, 0.3) is 0 Å². The summed E-state index contributed by atoms with van der Waals surface area (Å²) in [5, 5.41) is 0. The van der Waals surface area contributed by atoms with Crippen LogP contribution in [0.2, 0.25) is 0 Å². The third kappa shape index (κ3) is 6.42. The minimum atomic E-state index is 0.387. The first kappa shape index (κ1) is 16.9. The molecule has 0 aliphatic heterocycles. The van der Waals surface area contributed by atoms with E-state index in [9.17, 15) is 0 Å². The quantitative estimate of drug-likeness (QED) is 0.580. The molecule has 0 heterocycles. The van der Waals surface area contributed by atoms with Gasteiger partial charge < -0.3 is 11.5 Å². The Bertz CT molecular complexity index is 156. The lowest BCUT2D eigenvalue weighted by molar-refractivity contribution is 0.173. The van der Waals surface area contributed by atoms with Crippen molar-refractivity contribution < 1.29 is 0 Å². The van der Waals surface area contributed by atoms with Gasteiger partial charge in [0.05, 0.1) is 0 Å². The molecule has 0 spiro atoms. The van der Waals surface area contributed by atoms with Crippen molar-refractivity contribution in [2.45, 2.75) is 72.1 Å². The highest BCUT2D eigenvalue weighted by Gasteiger charge is 2.29. The SMILES string of the molecule is CCCC(CCN)CC(CN)(CCC)CCC. The van der Waals surface area contributed by atoms with Gasteiger partial charge in [0.25, 0.3) is 0 Å². The Balaban J connectivity index is 4.53. The van der Waals surface area contributed by atoms with Gasteiger partial charge in [-0.3, -0.25) is 0 Å². The molecule has 0 rings (SSSR count). The van der Waals surface area contributed by atoms with Crippen LogP contribution in [-0.4, -0.2) is 13.1 Å². The van der Waals surface area contributed by atoms with Gasteiger partial charge in [-0.15, -0.1) is 0 Å². The van der Waals surface area contributed by atoms with Crippen molar-refractivity contribution in [3.05, 3.63) is 0 Å². The van der Waals surface area contributed by atoms with E-state index in [-0.39, 0.29) is 0 Å². The Morgan fingerprint density at radius 2 is 1.47 bits per heavy atom. The highest BCUT2D eigenvalue weighted by atomic mass is 14.6. The molecule has 4 N–H and O–H groups in total. The second-order valence-electron chi connectivity index (χ2n) is 5.64.